The van der Waals surface area contributed by atoms with Crippen molar-refractivity contribution in [3.05, 3.63) is 23.8 Å². The minimum Gasteiger partial charge on any atom is -0.490 e. The third-order valence-electron chi connectivity index (χ3n) is 3.72. The van der Waals surface area contributed by atoms with Crippen molar-refractivity contribution in [3.63, 3.8) is 0 Å². The van der Waals surface area contributed by atoms with E-state index >= 15 is 0 Å². The van der Waals surface area contributed by atoms with Crippen molar-refractivity contribution in [2.75, 3.05) is 33.4 Å². The molecule has 0 spiro atoms. The molecule has 2 N–H and O–H groups in total. The first-order valence-electron chi connectivity index (χ1n) is 7.55. The standard InChI is InChI=1S/C16H24N2O3/c1-3-20-15-10-13(12-6-8-18-9-7-12)4-5-14(15)21-11-16(19)17-2/h4-5,10,12,18H,3,6-9,11H2,1-2H3,(H,17,19). The van der Waals surface area contributed by atoms with E-state index < -0.39 is 0 Å². The summed E-state index contributed by atoms with van der Waals surface area (Å²) in [5, 5.41) is 5.91. The van der Waals surface area contributed by atoms with Crippen LogP contribution in [0, 0.1) is 0 Å². The topological polar surface area (TPSA) is 59.6 Å². The highest BCUT2D eigenvalue weighted by Crippen LogP contribution is 2.34. The van der Waals surface area contributed by atoms with Gasteiger partial charge in [-0.15, -0.1) is 0 Å². The third-order valence-corrected chi connectivity index (χ3v) is 3.72. The van der Waals surface area contributed by atoms with Crippen LogP contribution in [-0.4, -0.2) is 39.3 Å². The summed E-state index contributed by atoms with van der Waals surface area (Å²) in [5.74, 6) is 1.76. The fraction of sp³-hybridized carbons (Fsp3) is 0.562. The van der Waals surface area contributed by atoms with Crippen molar-refractivity contribution in [2.24, 2.45) is 0 Å². The zero-order valence-corrected chi connectivity index (χ0v) is 12.8. The zero-order valence-electron chi connectivity index (χ0n) is 12.8. The number of rotatable bonds is 6. The van der Waals surface area contributed by atoms with Gasteiger partial charge in [-0.25, -0.2) is 0 Å². The number of carbonyl (C=O) groups is 1. The number of carbonyl (C=O) groups excluding carboxylic acids is 1. The van der Waals surface area contributed by atoms with Gasteiger partial charge in [-0.3, -0.25) is 4.79 Å². The van der Waals surface area contributed by atoms with Crippen molar-refractivity contribution in [2.45, 2.75) is 25.7 Å². The molecule has 1 heterocycles. The molecule has 2 rings (SSSR count). The van der Waals surface area contributed by atoms with Crippen LogP contribution >= 0.6 is 0 Å². The van der Waals surface area contributed by atoms with Crippen molar-refractivity contribution >= 4 is 5.91 Å². The first kappa shape index (κ1) is 15.6. The molecule has 0 bridgehead atoms. The van der Waals surface area contributed by atoms with E-state index in [0.717, 1.165) is 31.7 Å². The van der Waals surface area contributed by atoms with Crippen LogP contribution in [0.25, 0.3) is 0 Å². The highest BCUT2D eigenvalue weighted by molar-refractivity contribution is 5.77. The Bertz CT molecular complexity index is 471. The number of hydrogen-bond donors (Lipinski definition) is 2. The van der Waals surface area contributed by atoms with Gasteiger partial charge in [-0.2, -0.15) is 0 Å². The van der Waals surface area contributed by atoms with Gasteiger partial charge in [0.25, 0.3) is 5.91 Å². The van der Waals surface area contributed by atoms with Crippen molar-refractivity contribution in [3.8, 4) is 11.5 Å². The van der Waals surface area contributed by atoms with Gasteiger partial charge in [0.2, 0.25) is 0 Å². The second-order valence-electron chi connectivity index (χ2n) is 5.13. The summed E-state index contributed by atoms with van der Waals surface area (Å²) in [7, 11) is 1.59. The smallest absolute Gasteiger partial charge is 0.257 e. The molecule has 1 aromatic carbocycles. The molecular weight excluding hydrogens is 268 g/mol. The molecule has 5 heteroatoms. The number of likely N-dealkylation sites (N-methyl/N-ethyl adjacent to an activating group) is 1. The Morgan fingerprint density at radius 2 is 2.05 bits per heavy atom. The molecule has 0 saturated carbocycles. The van der Waals surface area contributed by atoms with Gasteiger partial charge >= 0.3 is 0 Å². The predicted molar refractivity (Wildman–Crippen MR) is 82.0 cm³/mol. The van der Waals surface area contributed by atoms with Crippen molar-refractivity contribution in [1.29, 1.82) is 0 Å². The Kier molecular flexibility index (Phi) is 5.87. The lowest BCUT2D eigenvalue weighted by molar-refractivity contribution is -0.122. The van der Waals surface area contributed by atoms with Crippen LogP contribution in [0.3, 0.4) is 0 Å². The number of benzene rings is 1. The molecule has 0 aliphatic carbocycles. The third kappa shape index (κ3) is 4.36. The average molecular weight is 292 g/mol. The molecule has 116 valence electrons. The average Bonchev–Trinajstić information content (AvgIpc) is 2.54. The van der Waals surface area contributed by atoms with E-state index in [1.54, 1.807) is 7.05 Å². The van der Waals surface area contributed by atoms with Gasteiger partial charge in [0.1, 0.15) is 0 Å². The lowest BCUT2D eigenvalue weighted by atomic mass is 9.90. The van der Waals surface area contributed by atoms with Crippen LogP contribution in [0.4, 0.5) is 0 Å². The monoisotopic (exact) mass is 292 g/mol. The van der Waals surface area contributed by atoms with E-state index in [9.17, 15) is 4.79 Å². The number of ether oxygens (including phenoxy) is 2. The van der Waals surface area contributed by atoms with E-state index in [4.69, 9.17) is 9.47 Å². The van der Waals surface area contributed by atoms with Gasteiger partial charge in [-0.05, 0) is 56.5 Å². The summed E-state index contributed by atoms with van der Waals surface area (Å²) in [6.07, 6.45) is 2.29. The second-order valence-corrected chi connectivity index (χ2v) is 5.13. The maximum Gasteiger partial charge on any atom is 0.257 e. The molecule has 1 aliphatic heterocycles. The Morgan fingerprint density at radius 3 is 2.71 bits per heavy atom. The van der Waals surface area contributed by atoms with Crippen LogP contribution < -0.4 is 20.1 Å². The highest BCUT2D eigenvalue weighted by Gasteiger charge is 2.17. The molecule has 0 atom stereocenters. The van der Waals surface area contributed by atoms with E-state index in [2.05, 4.69) is 22.8 Å². The Morgan fingerprint density at radius 1 is 1.29 bits per heavy atom. The summed E-state index contributed by atoms with van der Waals surface area (Å²) in [4.78, 5) is 11.3. The molecule has 1 aliphatic rings. The minimum atomic E-state index is -0.153. The van der Waals surface area contributed by atoms with Gasteiger partial charge in [-0.1, -0.05) is 6.07 Å². The normalized spacial score (nSPS) is 15.5. The Labute approximate surface area is 126 Å². The fourth-order valence-electron chi connectivity index (χ4n) is 2.54. The Balaban J connectivity index is 2.11. The van der Waals surface area contributed by atoms with Gasteiger partial charge in [0.15, 0.2) is 18.1 Å². The molecule has 1 amide bonds. The lowest BCUT2D eigenvalue weighted by Crippen LogP contribution is -2.26. The maximum absolute atomic E-state index is 11.3. The molecule has 1 saturated heterocycles. The first-order valence-corrected chi connectivity index (χ1v) is 7.55. The molecule has 1 fully saturated rings. The summed E-state index contributed by atoms with van der Waals surface area (Å²) < 4.78 is 11.2. The molecule has 0 radical (unpaired) electrons. The van der Waals surface area contributed by atoms with Crippen LogP contribution in [-0.2, 0) is 4.79 Å². The largest absolute Gasteiger partial charge is 0.490 e. The number of piperidine rings is 1. The van der Waals surface area contributed by atoms with Gasteiger partial charge < -0.3 is 20.1 Å². The van der Waals surface area contributed by atoms with Crippen molar-refractivity contribution < 1.29 is 14.3 Å². The molecule has 1 aromatic rings. The van der Waals surface area contributed by atoms with Gasteiger partial charge in [0, 0.05) is 7.05 Å². The summed E-state index contributed by atoms with van der Waals surface area (Å²) >= 11 is 0. The SMILES string of the molecule is CCOc1cc(C2CCNCC2)ccc1OCC(=O)NC. The van der Waals surface area contributed by atoms with Crippen LogP contribution in [0.5, 0.6) is 11.5 Å². The fourth-order valence-corrected chi connectivity index (χ4v) is 2.54. The van der Waals surface area contributed by atoms with E-state index in [1.807, 2.05) is 13.0 Å². The molecule has 0 unspecified atom stereocenters. The zero-order chi connectivity index (χ0) is 15.1. The lowest BCUT2D eigenvalue weighted by Gasteiger charge is -2.24. The first-order chi connectivity index (χ1) is 10.2. The summed E-state index contributed by atoms with van der Waals surface area (Å²) in [6.45, 7) is 4.64. The molecular formula is C16H24N2O3. The highest BCUT2D eigenvalue weighted by atomic mass is 16.5. The van der Waals surface area contributed by atoms with Crippen LogP contribution in [0.1, 0.15) is 31.2 Å². The van der Waals surface area contributed by atoms with E-state index in [1.165, 1.54) is 5.56 Å². The number of nitrogens with one attached hydrogen (secondary N) is 2. The minimum absolute atomic E-state index is 0.00324. The molecule has 5 nitrogen and oxygen atoms in total. The van der Waals surface area contributed by atoms with Crippen LogP contribution in [0.2, 0.25) is 0 Å². The second kappa shape index (κ2) is 7.88. The van der Waals surface area contributed by atoms with E-state index in [0.29, 0.717) is 18.3 Å². The van der Waals surface area contributed by atoms with Crippen LogP contribution in [0.15, 0.2) is 18.2 Å². The summed E-state index contributed by atoms with van der Waals surface area (Å²) in [6, 6.07) is 6.04. The number of amides is 1. The Hall–Kier alpha value is -1.75. The van der Waals surface area contributed by atoms with Crippen molar-refractivity contribution in [1.82, 2.24) is 10.6 Å². The predicted octanol–water partition coefficient (Wildman–Crippen LogP) is 1.68. The number of hydrogen-bond acceptors (Lipinski definition) is 4. The summed E-state index contributed by atoms with van der Waals surface area (Å²) in [5.41, 5.74) is 1.28. The maximum atomic E-state index is 11.3. The quantitative estimate of drug-likeness (QED) is 0.837. The molecule has 21 heavy (non-hydrogen) atoms. The molecule has 0 aromatic heterocycles. The van der Waals surface area contributed by atoms with E-state index in [-0.39, 0.29) is 12.5 Å². The van der Waals surface area contributed by atoms with Gasteiger partial charge in [0.05, 0.1) is 6.61 Å².